The highest BCUT2D eigenvalue weighted by atomic mass is 16.6. The summed E-state index contributed by atoms with van der Waals surface area (Å²) in [6.45, 7) is 10.7. The Morgan fingerprint density at radius 3 is 2.32 bits per heavy atom. The maximum absolute atomic E-state index is 12.3. The molecule has 0 radical (unpaired) electrons. The van der Waals surface area contributed by atoms with Gasteiger partial charge in [0.05, 0.1) is 0 Å². The molecule has 6 heteroatoms. The fourth-order valence-corrected chi connectivity index (χ4v) is 2.20. The highest BCUT2D eigenvalue weighted by molar-refractivity contribution is 5.97. The van der Waals surface area contributed by atoms with Gasteiger partial charge >= 0.3 is 12.0 Å². The molecule has 0 unspecified atom stereocenters. The number of amides is 2. The third-order valence-electron chi connectivity index (χ3n) is 3.23. The van der Waals surface area contributed by atoms with Crippen molar-refractivity contribution in [2.45, 2.75) is 59.6 Å². The zero-order valence-electron chi connectivity index (χ0n) is 15.8. The van der Waals surface area contributed by atoms with Crippen LogP contribution in [0.1, 0.15) is 58.3 Å². The topological polar surface area (TPSA) is 84.5 Å². The summed E-state index contributed by atoms with van der Waals surface area (Å²) in [5, 5.41) is 5.31. The molecule has 1 aromatic rings. The average Bonchev–Trinajstić information content (AvgIpc) is 2.44. The monoisotopic (exact) mass is 348 g/mol. The van der Waals surface area contributed by atoms with Crippen LogP contribution in [0.4, 0.5) is 10.5 Å². The number of hydrogen-bond donors (Lipinski definition) is 2. The van der Waals surface area contributed by atoms with Crippen molar-refractivity contribution < 1.29 is 19.1 Å². The Morgan fingerprint density at radius 2 is 1.80 bits per heavy atom. The number of nitrogens with one attached hydrogen (secondary N) is 2. The van der Waals surface area contributed by atoms with Gasteiger partial charge in [-0.2, -0.15) is 0 Å². The van der Waals surface area contributed by atoms with Crippen LogP contribution in [0.3, 0.4) is 0 Å². The van der Waals surface area contributed by atoms with Crippen LogP contribution in [0.15, 0.2) is 24.3 Å². The van der Waals surface area contributed by atoms with E-state index in [0.29, 0.717) is 17.7 Å². The molecule has 1 atom stereocenters. The number of ether oxygens (including phenoxy) is 1. The van der Waals surface area contributed by atoms with E-state index in [9.17, 15) is 14.4 Å². The van der Waals surface area contributed by atoms with Gasteiger partial charge in [0.25, 0.3) is 0 Å². The summed E-state index contributed by atoms with van der Waals surface area (Å²) < 4.78 is 5.38. The van der Waals surface area contributed by atoms with Crippen molar-refractivity contribution in [1.82, 2.24) is 5.32 Å². The van der Waals surface area contributed by atoms with E-state index in [1.54, 1.807) is 45.0 Å². The lowest BCUT2D eigenvalue weighted by Gasteiger charge is -2.25. The third kappa shape index (κ3) is 7.83. The number of carbonyl (C=O) groups is 3. The van der Waals surface area contributed by atoms with Crippen LogP contribution in [-0.4, -0.2) is 29.4 Å². The Kier molecular flexibility index (Phi) is 7.15. The minimum atomic E-state index is -0.741. The molecule has 0 aliphatic rings. The fraction of sp³-hybridized carbons (Fsp3) is 0.526. The Labute approximate surface area is 149 Å². The van der Waals surface area contributed by atoms with Gasteiger partial charge in [0.15, 0.2) is 5.78 Å². The van der Waals surface area contributed by atoms with Gasteiger partial charge in [0, 0.05) is 11.3 Å². The van der Waals surface area contributed by atoms with Crippen LogP contribution >= 0.6 is 0 Å². The number of Topliss-reactive ketones (excluding diaryl/α,β-unsaturated/α-hetero) is 1. The molecule has 6 nitrogen and oxygen atoms in total. The number of urea groups is 1. The van der Waals surface area contributed by atoms with Crippen molar-refractivity contribution in [3.63, 3.8) is 0 Å². The van der Waals surface area contributed by atoms with Crippen LogP contribution in [0.5, 0.6) is 0 Å². The summed E-state index contributed by atoms with van der Waals surface area (Å²) in [4.78, 5) is 36.0. The number of rotatable bonds is 6. The van der Waals surface area contributed by atoms with Crippen molar-refractivity contribution >= 4 is 23.5 Å². The molecule has 25 heavy (non-hydrogen) atoms. The number of ketones is 1. The zero-order valence-corrected chi connectivity index (χ0v) is 15.8. The Bertz CT molecular complexity index is 633. The molecule has 138 valence electrons. The molecule has 1 rings (SSSR count). The second-order valence-corrected chi connectivity index (χ2v) is 7.45. The minimum absolute atomic E-state index is 0.0875. The van der Waals surface area contributed by atoms with Crippen LogP contribution in [0.25, 0.3) is 0 Å². The lowest BCUT2D eigenvalue weighted by Crippen LogP contribution is -2.46. The highest BCUT2D eigenvalue weighted by Gasteiger charge is 2.27. The van der Waals surface area contributed by atoms with Gasteiger partial charge < -0.3 is 15.4 Å². The minimum Gasteiger partial charge on any atom is -0.458 e. The molecule has 0 spiro atoms. The maximum atomic E-state index is 12.3. The molecule has 0 aliphatic carbocycles. The molecule has 0 aromatic heterocycles. The zero-order chi connectivity index (χ0) is 19.2. The first-order valence-electron chi connectivity index (χ1n) is 8.39. The highest BCUT2D eigenvalue weighted by Crippen LogP contribution is 2.14. The quantitative estimate of drug-likeness (QED) is 0.605. The van der Waals surface area contributed by atoms with E-state index in [4.69, 9.17) is 4.74 Å². The number of hydrogen-bond acceptors (Lipinski definition) is 4. The predicted octanol–water partition coefficient (Wildman–Crippen LogP) is 3.77. The average molecular weight is 348 g/mol. The van der Waals surface area contributed by atoms with Crippen molar-refractivity contribution in [2.75, 3.05) is 5.32 Å². The normalized spacial score (nSPS) is 12.4. The molecule has 0 aliphatic heterocycles. The molecule has 0 heterocycles. The number of anilines is 1. The molecule has 1 aromatic carbocycles. The van der Waals surface area contributed by atoms with E-state index >= 15 is 0 Å². The first kappa shape index (κ1) is 20.7. The number of benzene rings is 1. The summed E-state index contributed by atoms with van der Waals surface area (Å²) in [5.74, 6) is -0.344. The fourth-order valence-electron chi connectivity index (χ4n) is 2.20. The second-order valence-electron chi connectivity index (χ2n) is 7.45. The van der Waals surface area contributed by atoms with E-state index in [0.717, 1.165) is 0 Å². The van der Waals surface area contributed by atoms with Gasteiger partial charge in [0.1, 0.15) is 11.6 Å². The maximum Gasteiger partial charge on any atom is 0.329 e. The Balaban J connectivity index is 2.79. The second kappa shape index (κ2) is 8.65. The number of esters is 1. The summed E-state index contributed by atoms with van der Waals surface area (Å²) in [7, 11) is 0. The molecule has 0 fully saturated rings. The van der Waals surface area contributed by atoms with Crippen LogP contribution < -0.4 is 10.6 Å². The van der Waals surface area contributed by atoms with Gasteiger partial charge in [-0.15, -0.1) is 0 Å². The standard InChI is InChI=1S/C19H28N2O4/c1-12(2)10-16(17(23)25-19(4,5)6)21-18(24)20-15-9-7-8-14(11-15)13(3)22/h7-9,11-12,16H,10H2,1-6H3,(H2,20,21,24)/t16-/m0/s1. The van der Waals surface area contributed by atoms with E-state index < -0.39 is 23.6 Å². The Morgan fingerprint density at radius 1 is 1.16 bits per heavy atom. The van der Waals surface area contributed by atoms with Gasteiger partial charge in [-0.25, -0.2) is 9.59 Å². The van der Waals surface area contributed by atoms with Gasteiger partial charge in [-0.1, -0.05) is 26.0 Å². The predicted molar refractivity (Wildman–Crippen MR) is 97.7 cm³/mol. The molecule has 2 N–H and O–H groups in total. The summed E-state index contributed by atoms with van der Waals surface area (Å²) >= 11 is 0. The van der Waals surface area contributed by atoms with Crippen molar-refractivity contribution in [1.29, 1.82) is 0 Å². The van der Waals surface area contributed by atoms with Crippen molar-refractivity contribution in [3.05, 3.63) is 29.8 Å². The molecule has 0 bridgehead atoms. The smallest absolute Gasteiger partial charge is 0.329 e. The first-order valence-corrected chi connectivity index (χ1v) is 8.39. The largest absolute Gasteiger partial charge is 0.458 e. The molecular weight excluding hydrogens is 320 g/mol. The van der Waals surface area contributed by atoms with Gasteiger partial charge in [0.2, 0.25) is 0 Å². The first-order chi connectivity index (χ1) is 11.5. The summed E-state index contributed by atoms with van der Waals surface area (Å²) in [6, 6.07) is 5.37. The van der Waals surface area contributed by atoms with Crippen LogP contribution in [-0.2, 0) is 9.53 Å². The van der Waals surface area contributed by atoms with Gasteiger partial charge in [-0.3, -0.25) is 4.79 Å². The summed E-state index contributed by atoms with van der Waals surface area (Å²) in [5.41, 5.74) is 0.363. The van der Waals surface area contributed by atoms with E-state index in [1.807, 2.05) is 13.8 Å². The number of carbonyl (C=O) groups excluding carboxylic acids is 3. The lowest BCUT2D eigenvalue weighted by molar-refractivity contribution is -0.157. The van der Waals surface area contributed by atoms with E-state index in [-0.39, 0.29) is 11.7 Å². The van der Waals surface area contributed by atoms with Crippen molar-refractivity contribution in [2.24, 2.45) is 5.92 Å². The molecule has 2 amide bonds. The van der Waals surface area contributed by atoms with E-state index in [2.05, 4.69) is 10.6 Å². The van der Waals surface area contributed by atoms with Crippen LogP contribution in [0, 0.1) is 5.92 Å². The van der Waals surface area contributed by atoms with E-state index in [1.165, 1.54) is 6.92 Å². The Hall–Kier alpha value is -2.37. The summed E-state index contributed by atoms with van der Waals surface area (Å²) in [6.07, 6.45) is 0.468. The molecular formula is C19H28N2O4. The van der Waals surface area contributed by atoms with Gasteiger partial charge in [-0.05, 0) is 52.2 Å². The van der Waals surface area contributed by atoms with Crippen molar-refractivity contribution in [3.8, 4) is 0 Å². The lowest BCUT2D eigenvalue weighted by atomic mass is 10.0. The third-order valence-corrected chi connectivity index (χ3v) is 3.23. The molecule has 0 saturated carbocycles. The van der Waals surface area contributed by atoms with Crippen LogP contribution in [0.2, 0.25) is 0 Å². The SMILES string of the molecule is CC(=O)c1cccc(NC(=O)N[C@@H](CC(C)C)C(=O)OC(C)(C)C)c1. The molecule has 0 saturated heterocycles.